The van der Waals surface area contributed by atoms with Crippen LogP contribution >= 0.6 is 11.3 Å². The Kier molecular flexibility index (Phi) is 4.45. The zero-order valence-electron chi connectivity index (χ0n) is 15.9. The van der Waals surface area contributed by atoms with Crippen LogP contribution in [0.15, 0.2) is 77.8 Å². The van der Waals surface area contributed by atoms with Gasteiger partial charge in [-0.05, 0) is 47.9 Å². The lowest BCUT2D eigenvalue weighted by molar-refractivity contribution is 0.0696. The minimum absolute atomic E-state index is 0.124. The van der Waals surface area contributed by atoms with E-state index in [0.717, 1.165) is 37.6 Å². The molecule has 5 rings (SSSR count). The van der Waals surface area contributed by atoms with E-state index in [1.54, 1.807) is 17.4 Å². The van der Waals surface area contributed by atoms with Crippen molar-refractivity contribution in [1.29, 1.82) is 0 Å². The SMILES string of the molecule is O=C(O)c1cc(N=c2ccc3nc4ccc5ccccc5c4sc-3c2)cc(C(=O)O)c1. The molecule has 2 aliphatic rings. The van der Waals surface area contributed by atoms with Crippen LogP contribution in [0.5, 0.6) is 0 Å². The van der Waals surface area contributed by atoms with Crippen LogP contribution in [0.4, 0.5) is 5.69 Å². The standard InChI is InChI=1S/C24H14N2O4S/c27-23(28)14-9-15(24(29)30)11-17(10-14)25-16-6-8-19-21(12-16)31-22-18-4-2-1-3-13(18)5-7-20(22)26-19/h1-12H,(H,27,28)(H,29,30). The topological polar surface area (TPSA) is 99.9 Å². The molecule has 1 aliphatic heterocycles. The van der Waals surface area contributed by atoms with Gasteiger partial charge in [0.25, 0.3) is 0 Å². The molecule has 0 amide bonds. The fraction of sp³-hybridized carbons (Fsp3) is 0. The van der Waals surface area contributed by atoms with E-state index in [-0.39, 0.29) is 16.8 Å². The Bertz CT molecular complexity index is 1520. The molecule has 2 N–H and O–H groups in total. The van der Waals surface area contributed by atoms with E-state index in [1.165, 1.54) is 12.1 Å². The Balaban J connectivity index is 1.71. The molecule has 0 saturated carbocycles. The Morgan fingerprint density at radius 1 is 0.839 bits per heavy atom. The normalized spacial score (nSPS) is 11.9. The zero-order chi connectivity index (χ0) is 21.5. The molecule has 0 bridgehead atoms. The first-order chi connectivity index (χ1) is 15.0. The van der Waals surface area contributed by atoms with E-state index in [1.807, 2.05) is 30.3 Å². The molecular formula is C24H14N2O4S. The number of fused-ring (bicyclic) bond motifs is 4. The van der Waals surface area contributed by atoms with Crippen molar-refractivity contribution in [2.75, 3.05) is 0 Å². The summed E-state index contributed by atoms with van der Waals surface area (Å²) < 4.78 is 1.07. The van der Waals surface area contributed by atoms with E-state index in [9.17, 15) is 19.8 Å². The molecule has 150 valence electrons. The van der Waals surface area contributed by atoms with Crippen LogP contribution in [0.1, 0.15) is 20.7 Å². The molecule has 31 heavy (non-hydrogen) atoms. The van der Waals surface area contributed by atoms with E-state index in [0.29, 0.717) is 5.36 Å². The lowest BCUT2D eigenvalue weighted by atomic mass is 10.1. The van der Waals surface area contributed by atoms with Crippen LogP contribution in [0.3, 0.4) is 0 Å². The molecule has 1 aliphatic carbocycles. The molecule has 0 aromatic heterocycles. The molecule has 3 aromatic carbocycles. The number of rotatable bonds is 3. The maximum atomic E-state index is 11.3. The van der Waals surface area contributed by atoms with Crippen molar-refractivity contribution >= 4 is 50.0 Å². The van der Waals surface area contributed by atoms with Gasteiger partial charge in [0.15, 0.2) is 0 Å². The Morgan fingerprint density at radius 3 is 2.32 bits per heavy atom. The van der Waals surface area contributed by atoms with Crippen molar-refractivity contribution in [3.63, 3.8) is 0 Å². The first kappa shape index (κ1) is 18.9. The third-order valence-corrected chi connectivity index (χ3v) is 6.11. The first-order valence-corrected chi connectivity index (χ1v) is 10.2. The molecule has 0 spiro atoms. The molecule has 1 heterocycles. The van der Waals surface area contributed by atoms with Gasteiger partial charge in [-0.1, -0.05) is 30.3 Å². The van der Waals surface area contributed by atoms with E-state index in [4.69, 9.17) is 4.98 Å². The summed E-state index contributed by atoms with van der Waals surface area (Å²) in [7, 11) is 0. The third kappa shape index (κ3) is 3.51. The molecule has 0 atom stereocenters. The average molecular weight is 426 g/mol. The Labute approximate surface area is 179 Å². The summed E-state index contributed by atoms with van der Waals surface area (Å²) in [5, 5.41) is 21.4. The van der Waals surface area contributed by atoms with Gasteiger partial charge in [0.05, 0.1) is 43.0 Å². The second-order valence-corrected chi connectivity index (χ2v) is 8.04. The van der Waals surface area contributed by atoms with Gasteiger partial charge >= 0.3 is 11.9 Å². The summed E-state index contributed by atoms with van der Waals surface area (Å²) in [4.78, 5) is 32.9. The zero-order valence-corrected chi connectivity index (χ0v) is 16.8. The molecule has 3 aromatic rings. The van der Waals surface area contributed by atoms with Gasteiger partial charge < -0.3 is 10.2 Å². The fourth-order valence-corrected chi connectivity index (χ4v) is 4.62. The number of aromatic nitrogens is 1. The quantitative estimate of drug-likeness (QED) is 0.306. The second kappa shape index (κ2) is 7.30. The number of carbonyl (C=O) groups is 2. The lowest BCUT2D eigenvalue weighted by Gasteiger charge is -2.08. The highest BCUT2D eigenvalue weighted by atomic mass is 32.1. The Hall–Kier alpha value is -4.10. The summed E-state index contributed by atoms with van der Waals surface area (Å²) in [6, 6.07) is 21.5. The highest BCUT2D eigenvalue weighted by molar-refractivity contribution is 7.22. The van der Waals surface area contributed by atoms with Crippen LogP contribution in [0.2, 0.25) is 0 Å². The van der Waals surface area contributed by atoms with Gasteiger partial charge in [-0.2, -0.15) is 0 Å². The predicted molar refractivity (Wildman–Crippen MR) is 119 cm³/mol. The van der Waals surface area contributed by atoms with Crippen molar-refractivity contribution in [1.82, 2.24) is 4.98 Å². The van der Waals surface area contributed by atoms with Crippen LogP contribution in [-0.2, 0) is 0 Å². The number of nitrogens with zero attached hydrogens (tertiary/aromatic N) is 2. The lowest BCUT2D eigenvalue weighted by Crippen LogP contribution is -2.04. The number of benzene rings is 4. The monoisotopic (exact) mass is 426 g/mol. The van der Waals surface area contributed by atoms with E-state index >= 15 is 0 Å². The van der Waals surface area contributed by atoms with Gasteiger partial charge in [-0.3, -0.25) is 0 Å². The molecule has 0 unspecified atom stereocenters. The van der Waals surface area contributed by atoms with Crippen LogP contribution < -0.4 is 5.36 Å². The minimum atomic E-state index is -1.21. The molecular weight excluding hydrogens is 412 g/mol. The number of carboxylic acid groups (broad SMARTS) is 2. The van der Waals surface area contributed by atoms with Crippen LogP contribution in [-0.4, -0.2) is 27.1 Å². The highest BCUT2D eigenvalue weighted by Crippen LogP contribution is 2.34. The number of hydrogen-bond acceptors (Lipinski definition) is 5. The van der Waals surface area contributed by atoms with Crippen molar-refractivity contribution in [3.05, 3.63) is 89.3 Å². The van der Waals surface area contributed by atoms with Gasteiger partial charge in [-0.15, -0.1) is 11.3 Å². The van der Waals surface area contributed by atoms with Crippen molar-refractivity contribution in [3.8, 4) is 10.6 Å². The molecule has 0 fully saturated rings. The second-order valence-electron chi connectivity index (χ2n) is 6.99. The minimum Gasteiger partial charge on any atom is -0.478 e. The Morgan fingerprint density at radius 2 is 1.58 bits per heavy atom. The summed E-state index contributed by atoms with van der Waals surface area (Å²) in [5.74, 6) is -2.41. The maximum Gasteiger partial charge on any atom is 0.335 e. The maximum absolute atomic E-state index is 11.3. The van der Waals surface area contributed by atoms with Gasteiger partial charge in [0.2, 0.25) is 0 Å². The molecule has 7 heteroatoms. The van der Waals surface area contributed by atoms with Crippen LogP contribution in [0, 0.1) is 0 Å². The van der Waals surface area contributed by atoms with E-state index < -0.39 is 11.9 Å². The number of aromatic carboxylic acids is 2. The molecule has 0 saturated heterocycles. The third-order valence-electron chi connectivity index (χ3n) is 4.93. The van der Waals surface area contributed by atoms with Crippen LogP contribution in [0.25, 0.3) is 31.6 Å². The number of hydrogen-bond donors (Lipinski definition) is 2. The van der Waals surface area contributed by atoms with Gasteiger partial charge in [-0.25, -0.2) is 19.6 Å². The molecule has 0 radical (unpaired) electrons. The van der Waals surface area contributed by atoms with Crippen molar-refractivity contribution < 1.29 is 19.8 Å². The molecule has 6 nitrogen and oxygen atoms in total. The van der Waals surface area contributed by atoms with Gasteiger partial charge in [0.1, 0.15) is 0 Å². The summed E-state index contributed by atoms with van der Waals surface area (Å²) in [5.41, 5.74) is 1.77. The largest absolute Gasteiger partial charge is 0.478 e. The van der Waals surface area contributed by atoms with Gasteiger partial charge in [0, 0.05) is 5.39 Å². The van der Waals surface area contributed by atoms with E-state index in [2.05, 4.69) is 23.2 Å². The first-order valence-electron chi connectivity index (χ1n) is 9.37. The summed E-state index contributed by atoms with van der Waals surface area (Å²) in [6.45, 7) is 0. The van der Waals surface area contributed by atoms with Crippen molar-refractivity contribution in [2.45, 2.75) is 0 Å². The smallest absolute Gasteiger partial charge is 0.335 e. The average Bonchev–Trinajstić information content (AvgIpc) is 2.77. The van der Waals surface area contributed by atoms with Crippen molar-refractivity contribution in [2.24, 2.45) is 4.99 Å². The highest BCUT2D eigenvalue weighted by Gasteiger charge is 2.12. The predicted octanol–water partition coefficient (Wildman–Crippen LogP) is 5.18. The summed E-state index contributed by atoms with van der Waals surface area (Å²) >= 11 is 1.61. The number of carboxylic acids is 2. The summed E-state index contributed by atoms with van der Waals surface area (Å²) in [6.07, 6.45) is 0. The fourth-order valence-electron chi connectivity index (χ4n) is 3.48.